The Hall–Kier alpha value is -2.28. The van der Waals surface area contributed by atoms with E-state index in [2.05, 4.69) is 15.3 Å². The second-order valence-corrected chi connectivity index (χ2v) is 6.69. The summed E-state index contributed by atoms with van der Waals surface area (Å²) in [5.74, 6) is 0.617. The van der Waals surface area contributed by atoms with Crippen LogP contribution in [0, 0.1) is 6.92 Å². The lowest BCUT2D eigenvalue weighted by Crippen LogP contribution is -2.32. The minimum Gasteiger partial charge on any atom is -0.352 e. The Morgan fingerprint density at radius 1 is 1.46 bits per heavy atom. The van der Waals surface area contributed by atoms with E-state index >= 15 is 0 Å². The number of aromatic nitrogens is 2. The maximum Gasteiger partial charge on any atom is 0.255 e. The second kappa shape index (κ2) is 7.09. The highest BCUT2D eigenvalue weighted by atomic mass is 32.1. The molecule has 2 aromatic heterocycles. The molecule has 0 bridgehead atoms. The van der Waals surface area contributed by atoms with Gasteiger partial charge in [0.1, 0.15) is 5.82 Å². The third kappa shape index (κ3) is 3.46. The average Bonchev–Trinajstić information content (AvgIpc) is 3.24. The monoisotopic (exact) mass is 344 g/mol. The zero-order valence-corrected chi connectivity index (χ0v) is 14.6. The van der Waals surface area contributed by atoms with Gasteiger partial charge in [-0.3, -0.25) is 9.59 Å². The van der Waals surface area contributed by atoms with Gasteiger partial charge in [-0.05, 0) is 31.2 Å². The normalized spacial score (nSPS) is 17.1. The van der Waals surface area contributed by atoms with Crippen molar-refractivity contribution in [1.29, 1.82) is 0 Å². The van der Waals surface area contributed by atoms with Crippen molar-refractivity contribution in [3.63, 3.8) is 0 Å². The lowest BCUT2D eigenvalue weighted by molar-refractivity contribution is -0.119. The maximum absolute atomic E-state index is 12.8. The van der Waals surface area contributed by atoms with Gasteiger partial charge < -0.3 is 10.2 Å². The summed E-state index contributed by atoms with van der Waals surface area (Å²) < 4.78 is 0. The number of carbonyl (C=O) groups is 2. The van der Waals surface area contributed by atoms with Crippen LogP contribution in [0.2, 0.25) is 0 Å². The molecule has 1 aliphatic heterocycles. The van der Waals surface area contributed by atoms with Crippen LogP contribution in [0.3, 0.4) is 0 Å². The lowest BCUT2D eigenvalue weighted by atomic mass is 10.1. The van der Waals surface area contributed by atoms with Gasteiger partial charge >= 0.3 is 0 Å². The molecule has 0 aliphatic carbocycles. The van der Waals surface area contributed by atoms with Crippen molar-refractivity contribution in [2.75, 3.05) is 6.54 Å². The first-order chi connectivity index (χ1) is 11.6. The van der Waals surface area contributed by atoms with Crippen LogP contribution in [0.5, 0.6) is 0 Å². The van der Waals surface area contributed by atoms with E-state index in [9.17, 15) is 9.59 Å². The Kier molecular flexibility index (Phi) is 4.89. The van der Waals surface area contributed by atoms with E-state index in [1.165, 1.54) is 18.3 Å². The highest BCUT2D eigenvalue weighted by molar-refractivity contribution is 7.08. The zero-order chi connectivity index (χ0) is 17.1. The van der Waals surface area contributed by atoms with Gasteiger partial charge in [0.2, 0.25) is 5.91 Å². The maximum atomic E-state index is 12.8. The van der Waals surface area contributed by atoms with Crippen molar-refractivity contribution in [2.45, 2.75) is 39.3 Å². The van der Waals surface area contributed by atoms with E-state index in [1.807, 2.05) is 28.7 Å². The van der Waals surface area contributed by atoms with Gasteiger partial charge in [-0.2, -0.15) is 11.3 Å². The first kappa shape index (κ1) is 16.6. The first-order valence-electron chi connectivity index (χ1n) is 7.96. The van der Waals surface area contributed by atoms with Crippen LogP contribution in [0.25, 0.3) is 0 Å². The molecular weight excluding hydrogens is 324 g/mol. The number of likely N-dealkylation sites (tertiary alicyclic amines) is 1. The Balaban J connectivity index is 1.90. The molecule has 0 unspecified atom stereocenters. The molecule has 0 aromatic carbocycles. The van der Waals surface area contributed by atoms with Gasteiger partial charge in [-0.15, -0.1) is 0 Å². The van der Waals surface area contributed by atoms with Crippen molar-refractivity contribution >= 4 is 23.2 Å². The quantitative estimate of drug-likeness (QED) is 0.924. The molecule has 2 aromatic rings. The lowest BCUT2D eigenvalue weighted by Gasteiger charge is -2.26. The molecule has 2 amide bonds. The van der Waals surface area contributed by atoms with E-state index in [-0.39, 0.29) is 17.9 Å². The molecule has 6 nitrogen and oxygen atoms in total. The minimum absolute atomic E-state index is 0.0421. The highest BCUT2D eigenvalue weighted by Gasteiger charge is 2.33. The van der Waals surface area contributed by atoms with Crippen molar-refractivity contribution in [3.05, 3.63) is 45.7 Å². The molecule has 0 radical (unpaired) electrons. The molecule has 1 N–H and O–H groups in total. The fourth-order valence-corrected chi connectivity index (χ4v) is 3.63. The number of hydrogen-bond donors (Lipinski definition) is 1. The molecule has 0 saturated carbocycles. The molecule has 3 rings (SSSR count). The number of hydrogen-bond acceptors (Lipinski definition) is 5. The topological polar surface area (TPSA) is 75.2 Å². The Labute approximate surface area is 144 Å². The standard InChI is InChI=1S/C17H20N4O2S/c1-11-18-8-14(9-19-12(2)22)16(20-11)15-4-3-6-21(15)17(23)13-5-7-24-10-13/h5,7-8,10,15H,3-4,6,9H2,1-2H3,(H,19,22)/t15-/m1/s1. The Morgan fingerprint density at radius 2 is 2.29 bits per heavy atom. The van der Waals surface area contributed by atoms with Crippen LogP contribution >= 0.6 is 11.3 Å². The van der Waals surface area contributed by atoms with Crippen LogP contribution in [-0.2, 0) is 11.3 Å². The van der Waals surface area contributed by atoms with Crippen molar-refractivity contribution in [1.82, 2.24) is 20.2 Å². The summed E-state index contributed by atoms with van der Waals surface area (Å²) in [6.45, 7) is 4.42. The molecule has 1 atom stereocenters. The fourth-order valence-electron chi connectivity index (χ4n) is 3.00. The molecule has 7 heteroatoms. The van der Waals surface area contributed by atoms with E-state index in [4.69, 9.17) is 0 Å². The third-order valence-corrected chi connectivity index (χ3v) is 4.83. The number of nitrogens with zero attached hydrogens (tertiary/aromatic N) is 3. The molecule has 1 fully saturated rings. The molecule has 0 spiro atoms. The SMILES string of the molecule is CC(=O)NCc1cnc(C)nc1[C@H]1CCCN1C(=O)c1ccsc1. The van der Waals surface area contributed by atoms with E-state index in [1.54, 1.807) is 6.20 Å². The van der Waals surface area contributed by atoms with Gasteiger partial charge in [-0.1, -0.05) is 0 Å². The van der Waals surface area contributed by atoms with Crippen LogP contribution < -0.4 is 5.32 Å². The van der Waals surface area contributed by atoms with Gasteiger partial charge in [0.25, 0.3) is 5.91 Å². The summed E-state index contributed by atoms with van der Waals surface area (Å²) in [4.78, 5) is 34.7. The van der Waals surface area contributed by atoms with Gasteiger partial charge in [-0.25, -0.2) is 9.97 Å². The highest BCUT2D eigenvalue weighted by Crippen LogP contribution is 2.34. The predicted octanol–water partition coefficient (Wildman–Crippen LogP) is 2.46. The zero-order valence-electron chi connectivity index (χ0n) is 13.8. The number of carbonyl (C=O) groups excluding carboxylic acids is 2. The summed E-state index contributed by atoms with van der Waals surface area (Å²) in [7, 11) is 0. The Bertz CT molecular complexity index is 745. The van der Waals surface area contributed by atoms with Crippen molar-refractivity contribution in [3.8, 4) is 0 Å². The number of rotatable bonds is 4. The van der Waals surface area contributed by atoms with Gasteiger partial charge in [0.05, 0.1) is 17.3 Å². The molecule has 3 heterocycles. The molecule has 1 saturated heterocycles. The van der Waals surface area contributed by atoms with E-state index < -0.39 is 0 Å². The molecular formula is C17H20N4O2S. The average molecular weight is 344 g/mol. The van der Waals surface area contributed by atoms with Crippen molar-refractivity contribution in [2.24, 2.45) is 0 Å². The molecule has 126 valence electrons. The van der Waals surface area contributed by atoms with Crippen LogP contribution in [0.15, 0.2) is 23.0 Å². The molecule has 24 heavy (non-hydrogen) atoms. The summed E-state index contributed by atoms with van der Waals surface area (Å²) in [5.41, 5.74) is 2.43. The van der Waals surface area contributed by atoms with Gasteiger partial charge in [0.15, 0.2) is 0 Å². The number of amides is 2. The van der Waals surface area contributed by atoms with Crippen LogP contribution in [0.4, 0.5) is 0 Å². The van der Waals surface area contributed by atoms with Crippen LogP contribution in [0.1, 0.15) is 53.2 Å². The summed E-state index contributed by atoms with van der Waals surface area (Å²) >= 11 is 1.52. The number of aryl methyl sites for hydroxylation is 1. The fraction of sp³-hybridized carbons (Fsp3) is 0.412. The third-order valence-electron chi connectivity index (χ3n) is 4.14. The first-order valence-corrected chi connectivity index (χ1v) is 8.90. The van der Waals surface area contributed by atoms with Gasteiger partial charge in [0, 0.05) is 37.2 Å². The largest absolute Gasteiger partial charge is 0.352 e. The molecule has 1 aliphatic rings. The minimum atomic E-state index is -0.0980. The smallest absolute Gasteiger partial charge is 0.255 e. The summed E-state index contributed by atoms with van der Waals surface area (Å²) in [6.07, 6.45) is 3.57. The van der Waals surface area contributed by atoms with Crippen LogP contribution in [-0.4, -0.2) is 33.2 Å². The Morgan fingerprint density at radius 3 is 3.00 bits per heavy atom. The second-order valence-electron chi connectivity index (χ2n) is 5.91. The summed E-state index contributed by atoms with van der Waals surface area (Å²) in [5, 5.41) is 6.58. The number of nitrogens with one attached hydrogen (secondary N) is 1. The predicted molar refractivity (Wildman–Crippen MR) is 91.6 cm³/mol. The van der Waals surface area contributed by atoms with E-state index in [0.717, 1.165) is 36.2 Å². The van der Waals surface area contributed by atoms with E-state index in [0.29, 0.717) is 12.4 Å². The number of thiophene rings is 1. The van der Waals surface area contributed by atoms with Crippen molar-refractivity contribution < 1.29 is 9.59 Å². The summed E-state index contributed by atoms with van der Waals surface area (Å²) in [6, 6.07) is 1.79.